The molecule has 1 saturated heterocycles. The van der Waals surface area contributed by atoms with Gasteiger partial charge in [0.05, 0.1) is 29.3 Å². The minimum atomic E-state index is -3.88. The first-order chi connectivity index (χ1) is 16.2. The van der Waals surface area contributed by atoms with Gasteiger partial charge in [-0.1, -0.05) is 19.1 Å². The first kappa shape index (κ1) is 24.0. The standard InChI is InChI=1S/C24H29N3O6S/c1-4-19-24(29)26-18-12-15(2)22(13-21(18)33-19)34(30,31)27-11-7-8-16(14-27)23(28)25-17-9-5-6-10-20(17)32-3/h5-6,9-10,12-13,16,19H,4,7-8,11,14H2,1-3H3,(H,25,28)(H,26,29)/t16-,19-/m0/s1. The molecule has 34 heavy (non-hydrogen) atoms. The van der Waals surface area contributed by atoms with Crippen LogP contribution in [-0.2, 0) is 19.6 Å². The number of carbonyl (C=O) groups excluding carboxylic acids is 2. The number of nitrogens with one attached hydrogen (secondary N) is 2. The van der Waals surface area contributed by atoms with Crippen molar-refractivity contribution in [1.29, 1.82) is 0 Å². The molecular weight excluding hydrogens is 458 g/mol. The van der Waals surface area contributed by atoms with E-state index in [0.29, 0.717) is 54.2 Å². The Bertz CT molecular complexity index is 1210. The van der Waals surface area contributed by atoms with Gasteiger partial charge >= 0.3 is 0 Å². The van der Waals surface area contributed by atoms with E-state index in [2.05, 4.69) is 10.6 Å². The number of methoxy groups -OCH3 is 1. The summed E-state index contributed by atoms with van der Waals surface area (Å²) < 4.78 is 39.5. The number of nitrogens with zero attached hydrogens (tertiary/aromatic N) is 1. The number of aryl methyl sites for hydroxylation is 1. The molecule has 0 unspecified atom stereocenters. The van der Waals surface area contributed by atoms with E-state index in [0.717, 1.165) is 0 Å². The van der Waals surface area contributed by atoms with Gasteiger partial charge < -0.3 is 20.1 Å². The molecule has 0 aliphatic carbocycles. The monoisotopic (exact) mass is 487 g/mol. The van der Waals surface area contributed by atoms with Crippen molar-refractivity contribution in [2.24, 2.45) is 5.92 Å². The average molecular weight is 488 g/mol. The molecule has 2 amide bonds. The number of ether oxygens (including phenoxy) is 2. The molecule has 2 heterocycles. The van der Waals surface area contributed by atoms with Crippen molar-refractivity contribution >= 4 is 33.2 Å². The molecule has 9 nitrogen and oxygen atoms in total. The van der Waals surface area contributed by atoms with Crippen molar-refractivity contribution in [2.45, 2.75) is 44.1 Å². The van der Waals surface area contributed by atoms with Gasteiger partial charge in [0.25, 0.3) is 5.91 Å². The van der Waals surface area contributed by atoms with Crippen LogP contribution in [0.25, 0.3) is 0 Å². The first-order valence-corrected chi connectivity index (χ1v) is 12.7. The van der Waals surface area contributed by atoms with Gasteiger partial charge in [-0.25, -0.2) is 8.42 Å². The van der Waals surface area contributed by atoms with E-state index < -0.39 is 22.0 Å². The van der Waals surface area contributed by atoms with Crippen LogP contribution in [0.5, 0.6) is 11.5 Å². The van der Waals surface area contributed by atoms with Crippen LogP contribution in [0.3, 0.4) is 0 Å². The number of hydrogen-bond acceptors (Lipinski definition) is 6. The number of anilines is 2. The van der Waals surface area contributed by atoms with Gasteiger partial charge in [0.1, 0.15) is 11.5 Å². The number of carbonyl (C=O) groups is 2. The zero-order valence-electron chi connectivity index (χ0n) is 19.5. The average Bonchev–Trinajstić information content (AvgIpc) is 2.83. The summed E-state index contributed by atoms with van der Waals surface area (Å²) in [7, 11) is -2.35. The summed E-state index contributed by atoms with van der Waals surface area (Å²) in [5.74, 6) is -0.115. The van der Waals surface area contributed by atoms with Crippen LogP contribution in [0.4, 0.5) is 11.4 Å². The topological polar surface area (TPSA) is 114 Å². The van der Waals surface area contributed by atoms with Crippen molar-refractivity contribution in [3.63, 3.8) is 0 Å². The van der Waals surface area contributed by atoms with E-state index in [1.807, 2.05) is 13.0 Å². The lowest BCUT2D eigenvalue weighted by Gasteiger charge is -2.32. The molecular formula is C24H29N3O6S. The fourth-order valence-corrected chi connectivity index (χ4v) is 6.07. The van der Waals surface area contributed by atoms with E-state index in [4.69, 9.17) is 9.47 Å². The highest BCUT2D eigenvalue weighted by atomic mass is 32.2. The van der Waals surface area contributed by atoms with Gasteiger partial charge in [-0.3, -0.25) is 9.59 Å². The number of hydrogen-bond donors (Lipinski definition) is 2. The van der Waals surface area contributed by atoms with Crippen molar-refractivity contribution in [2.75, 3.05) is 30.8 Å². The molecule has 2 aromatic rings. The third kappa shape index (κ3) is 4.60. The van der Waals surface area contributed by atoms with Crippen molar-refractivity contribution in [1.82, 2.24) is 4.31 Å². The van der Waals surface area contributed by atoms with Crippen molar-refractivity contribution in [3.05, 3.63) is 42.0 Å². The lowest BCUT2D eigenvalue weighted by atomic mass is 9.98. The maximum Gasteiger partial charge on any atom is 0.265 e. The summed E-state index contributed by atoms with van der Waals surface area (Å²) in [6.07, 6.45) is 0.959. The number of benzene rings is 2. The Balaban J connectivity index is 1.55. The normalized spacial score (nSPS) is 20.6. The molecule has 2 aliphatic heterocycles. The van der Waals surface area contributed by atoms with Crippen molar-refractivity contribution in [3.8, 4) is 11.5 Å². The summed E-state index contributed by atoms with van der Waals surface area (Å²) in [5.41, 5.74) is 1.50. The van der Waals surface area contributed by atoms with Gasteiger partial charge in [-0.2, -0.15) is 4.31 Å². The number of rotatable bonds is 6. The number of amides is 2. The zero-order chi connectivity index (χ0) is 24.5. The number of sulfonamides is 1. The van der Waals surface area contributed by atoms with Crippen LogP contribution in [0.2, 0.25) is 0 Å². The second-order valence-electron chi connectivity index (χ2n) is 8.51. The maximum absolute atomic E-state index is 13.6. The molecule has 1 fully saturated rings. The molecule has 2 N–H and O–H groups in total. The number of fused-ring (bicyclic) bond motifs is 1. The smallest absolute Gasteiger partial charge is 0.265 e. The summed E-state index contributed by atoms with van der Waals surface area (Å²) in [6, 6.07) is 10.2. The van der Waals surface area contributed by atoms with Crippen molar-refractivity contribution < 1.29 is 27.5 Å². The Morgan fingerprint density at radius 3 is 2.79 bits per heavy atom. The second kappa shape index (κ2) is 9.63. The van der Waals surface area contributed by atoms with Crippen LogP contribution >= 0.6 is 0 Å². The van der Waals surface area contributed by atoms with Crippen LogP contribution in [0.15, 0.2) is 41.3 Å². The first-order valence-electron chi connectivity index (χ1n) is 11.3. The molecule has 0 radical (unpaired) electrons. The van der Waals surface area contributed by atoms with Gasteiger partial charge in [-0.15, -0.1) is 0 Å². The van der Waals surface area contributed by atoms with Crippen LogP contribution in [0, 0.1) is 12.8 Å². The SMILES string of the molecule is CC[C@@H]1Oc2cc(S(=O)(=O)N3CCC[C@H](C(=O)Nc4ccccc4OC)C3)c(C)cc2NC1=O. The largest absolute Gasteiger partial charge is 0.495 e. The molecule has 10 heteroatoms. The summed E-state index contributed by atoms with van der Waals surface area (Å²) in [4.78, 5) is 25.2. The Labute approximate surface area is 199 Å². The van der Waals surface area contributed by atoms with E-state index in [1.54, 1.807) is 31.2 Å². The fourth-order valence-electron chi connectivity index (χ4n) is 4.33. The highest BCUT2D eigenvalue weighted by Crippen LogP contribution is 2.37. The van der Waals surface area contributed by atoms with Gasteiger partial charge in [-0.05, 0) is 49.9 Å². The van der Waals surface area contributed by atoms with E-state index in [1.165, 1.54) is 17.5 Å². The molecule has 0 saturated carbocycles. The predicted octanol–water partition coefficient (Wildman–Crippen LogP) is 3.15. The number of para-hydroxylation sites is 2. The summed E-state index contributed by atoms with van der Waals surface area (Å²) >= 11 is 0. The molecule has 2 aliphatic rings. The Kier molecular flexibility index (Phi) is 6.81. The molecule has 2 aromatic carbocycles. The lowest BCUT2D eigenvalue weighted by molar-refractivity contribution is -0.123. The van der Waals surface area contributed by atoms with Crippen LogP contribution in [0.1, 0.15) is 31.7 Å². The molecule has 4 rings (SSSR count). The minimum absolute atomic E-state index is 0.0784. The quantitative estimate of drug-likeness (QED) is 0.647. The lowest BCUT2D eigenvalue weighted by Crippen LogP contribution is -2.44. The van der Waals surface area contributed by atoms with Gasteiger partial charge in [0.2, 0.25) is 15.9 Å². The predicted molar refractivity (Wildman–Crippen MR) is 128 cm³/mol. The van der Waals surface area contributed by atoms with E-state index in [-0.39, 0.29) is 23.3 Å². The van der Waals surface area contributed by atoms with Gasteiger partial charge in [0, 0.05) is 19.2 Å². The third-order valence-electron chi connectivity index (χ3n) is 6.21. The molecule has 0 bridgehead atoms. The number of piperidine rings is 1. The minimum Gasteiger partial charge on any atom is -0.495 e. The Morgan fingerprint density at radius 2 is 2.06 bits per heavy atom. The van der Waals surface area contributed by atoms with E-state index in [9.17, 15) is 18.0 Å². The summed E-state index contributed by atoms with van der Waals surface area (Å²) in [5, 5.41) is 5.64. The second-order valence-corrected chi connectivity index (χ2v) is 10.4. The Hall–Kier alpha value is -3.11. The highest BCUT2D eigenvalue weighted by Gasteiger charge is 2.36. The highest BCUT2D eigenvalue weighted by molar-refractivity contribution is 7.89. The maximum atomic E-state index is 13.6. The van der Waals surface area contributed by atoms with Crippen LogP contribution < -0.4 is 20.1 Å². The molecule has 2 atom stereocenters. The molecule has 0 spiro atoms. The molecule has 0 aromatic heterocycles. The van der Waals surface area contributed by atoms with Gasteiger partial charge in [0.15, 0.2) is 6.10 Å². The summed E-state index contributed by atoms with van der Waals surface area (Å²) in [6.45, 7) is 3.91. The molecule has 182 valence electrons. The Morgan fingerprint density at radius 1 is 1.29 bits per heavy atom. The fraction of sp³-hybridized carbons (Fsp3) is 0.417. The zero-order valence-corrected chi connectivity index (χ0v) is 20.3. The van der Waals surface area contributed by atoms with E-state index >= 15 is 0 Å². The van der Waals surface area contributed by atoms with Crippen LogP contribution in [-0.4, -0.2) is 50.8 Å². The third-order valence-corrected chi connectivity index (χ3v) is 8.21.